The van der Waals surface area contributed by atoms with Gasteiger partial charge in [0.1, 0.15) is 5.82 Å². The van der Waals surface area contributed by atoms with Crippen molar-refractivity contribution in [3.05, 3.63) is 58.4 Å². The molecule has 0 bridgehead atoms. The summed E-state index contributed by atoms with van der Waals surface area (Å²) in [5, 5.41) is 7.10. The van der Waals surface area contributed by atoms with Gasteiger partial charge in [0.25, 0.3) is 0 Å². The minimum absolute atomic E-state index is 0.267. The molecule has 5 heteroatoms. The lowest BCUT2D eigenvalue weighted by atomic mass is 10.2. The van der Waals surface area contributed by atoms with Gasteiger partial charge in [-0.05, 0) is 55.9 Å². The Morgan fingerprint density at radius 1 is 1.00 bits per heavy atom. The van der Waals surface area contributed by atoms with Crippen LogP contribution in [0, 0.1) is 19.7 Å². The molecule has 0 radical (unpaired) electrons. The second-order valence-corrected chi connectivity index (χ2v) is 5.22. The molecule has 2 N–H and O–H groups in total. The van der Waals surface area contributed by atoms with Gasteiger partial charge in [-0.1, -0.05) is 23.7 Å². The topological polar surface area (TPSA) is 24.1 Å². The van der Waals surface area contributed by atoms with E-state index in [1.54, 1.807) is 19.1 Å². The van der Waals surface area contributed by atoms with Crippen molar-refractivity contribution < 1.29 is 4.39 Å². The maximum absolute atomic E-state index is 13.5. The fraction of sp³-hybridized carbons (Fsp3) is 0.133. The van der Waals surface area contributed by atoms with Gasteiger partial charge >= 0.3 is 0 Å². The Morgan fingerprint density at radius 2 is 1.55 bits per heavy atom. The summed E-state index contributed by atoms with van der Waals surface area (Å²) in [6.07, 6.45) is 0. The van der Waals surface area contributed by atoms with Crippen LogP contribution in [0.25, 0.3) is 0 Å². The Morgan fingerprint density at radius 3 is 2.20 bits per heavy atom. The molecule has 0 aliphatic heterocycles. The Kier molecular flexibility index (Phi) is 4.57. The lowest BCUT2D eigenvalue weighted by Crippen LogP contribution is -2.20. The third-order valence-corrected chi connectivity index (χ3v) is 3.65. The van der Waals surface area contributed by atoms with Crippen molar-refractivity contribution in [1.29, 1.82) is 0 Å². The Hall–Kier alpha value is -1.65. The lowest BCUT2D eigenvalue weighted by molar-refractivity contribution is 0.619. The van der Waals surface area contributed by atoms with Crippen LogP contribution >= 0.6 is 23.8 Å². The van der Waals surface area contributed by atoms with E-state index in [2.05, 4.69) is 10.6 Å². The van der Waals surface area contributed by atoms with Crippen molar-refractivity contribution in [1.82, 2.24) is 0 Å². The molecule has 20 heavy (non-hydrogen) atoms. The van der Waals surface area contributed by atoms with Crippen molar-refractivity contribution >= 4 is 40.3 Å². The number of rotatable bonds is 2. The van der Waals surface area contributed by atoms with E-state index in [9.17, 15) is 4.39 Å². The first-order valence-electron chi connectivity index (χ1n) is 6.07. The summed E-state index contributed by atoms with van der Waals surface area (Å²) in [5.41, 5.74) is 2.90. The number of benzene rings is 2. The van der Waals surface area contributed by atoms with E-state index >= 15 is 0 Å². The van der Waals surface area contributed by atoms with Crippen LogP contribution in [-0.2, 0) is 0 Å². The van der Waals surface area contributed by atoms with Crippen LogP contribution in [0.3, 0.4) is 0 Å². The maximum atomic E-state index is 13.5. The van der Waals surface area contributed by atoms with Crippen LogP contribution in [0.5, 0.6) is 0 Å². The first-order valence-corrected chi connectivity index (χ1v) is 6.86. The van der Waals surface area contributed by atoms with Crippen molar-refractivity contribution in [2.75, 3.05) is 10.6 Å². The molecule has 104 valence electrons. The molecule has 2 rings (SSSR count). The molecule has 0 fully saturated rings. The molecule has 0 atom stereocenters. The first-order chi connectivity index (χ1) is 9.49. The molecular formula is C15H14ClFN2S. The number of halogens is 2. The Balaban J connectivity index is 2.13. The average molecular weight is 309 g/mol. The average Bonchev–Trinajstić information content (AvgIpc) is 2.40. The van der Waals surface area contributed by atoms with Crippen molar-refractivity contribution in [2.24, 2.45) is 0 Å². The lowest BCUT2D eigenvalue weighted by Gasteiger charge is -2.14. The molecular weight excluding hydrogens is 295 g/mol. The molecule has 0 saturated carbocycles. The molecule has 2 aromatic carbocycles. The van der Waals surface area contributed by atoms with Gasteiger partial charge < -0.3 is 10.6 Å². The molecule has 0 aliphatic rings. The minimum atomic E-state index is -0.267. The van der Waals surface area contributed by atoms with Crippen LogP contribution in [0.1, 0.15) is 11.1 Å². The highest BCUT2D eigenvalue weighted by Crippen LogP contribution is 2.23. The van der Waals surface area contributed by atoms with Gasteiger partial charge in [0.15, 0.2) is 5.11 Å². The predicted octanol–water partition coefficient (Wildman–Crippen LogP) is 4.90. The molecule has 0 unspecified atom stereocenters. The summed E-state index contributed by atoms with van der Waals surface area (Å²) in [7, 11) is 0. The zero-order valence-electron chi connectivity index (χ0n) is 11.1. The number of hydrogen-bond donors (Lipinski definition) is 2. The quantitative estimate of drug-likeness (QED) is 0.771. The minimum Gasteiger partial charge on any atom is -0.332 e. The zero-order valence-corrected chi connectivity index (χ0v) is 12.7. The number of thiocarbonyl (C=S) groups is 1. The standard InChI is InChI=1S/C15H14ClFN2S/c1-9-11(16)5-3-7-13(9)18-15(20)19-14-8-4-6-12(17)10(14)2/h3-8H,1-2H3,(H2,18,19,20). The van der Waals surface area contributed by atoms with Gasteiger partial charge in [0, 0.05) is 22.0 Å². The molecule has 2 nitrogen and oxygen atoms in total. The van der Waals surface area contributed by atoms with Gasteiger partial charge in [-0.25, -0.2) is 4.39 Å². The highest BCUT2D eigenvalue weighted by atomic mass is 35.5. The zero-order chi connectivity index (χ0) is 14.7. The highest BCUT2D eigenvalue weighted by molar-refractivity contribution is 7.80. The number of hydrogen-bond acceptors (Lipinski definition) is 1. The van der Waals surface area contributed by atoms with Crippen LogP contribution in [-0.4, -0.2) is 5.11 Å². The summed E-state index contributed by atoms with van der Waals surface area (Å²) in [6, 6.07) is 10.4. The second-order valence-electron chi connectivity index (χ2n) is 4.40. The van der Waals surface area contributed by atoms with E-state index in [1.165, 1.54) is 6.07 Å². The fourth-order valence-corrected chi connectivity index (χ4v) is 2.16. The Bertz CT molecular complexity index is 603. The smallest absolute Gasteiger partial charge is 0.175 e. The first kappa shape index (κ1) is 14.8. The maximum Gasteiger partial charge on any atom is 0.175 e. The van der Waals surface area contributed by atoms with Gasteiger partial charge in [-0.3, -0.25) is 0 Å². The van der Waals surface area contributed by atoms with Crippen LogP contribution < -0.4 is 10.6 Å². The van der Waals surface area contributed by atoms with E-state index in [-0.39, 0.29) is 5.82 Å². The molecule has 0 amide bonds. The largest absolute Gasteiger partial charge is 0.332 e. The van der Waals surface area contributed by atoms with Gasteiger partial charge in [0.2, 0.25) is 0 Å². The third-order valence-electron chi connectivity index (χ3n) is 3.03. The highest BCUT2D eigenvalue weighted by Gasteiger charge is 2.07. The van der Waals surface area contributed by atoms with E-state index in [1.807, 2.05) is 25.1 Å². The predicted molar refractivity (Wildman–Crippen MR) is 87.2 cm³/mol. The molecule has 0 aliphatic carbocycles. The number of anilines is 2. The van der Waals surface area contributed by atoms with Crippen LogP contribution in [0.4, 0.5) is 15.8 Å². The van der Waals surface area contributed by atoms with Gasteiger partial charge in [-0.2, -0.15) is 0 Å². The van der Waals surface area contributed by atoms with Crippen molar-refractivity contribution in [2.45, 2.75) is 13.8 Å². The normalized spacial score (nSPS) is 10.2. The third kappa shape index (κ3) is 3.26. The summed E-state index contributed by atoms with van der Waals surface area (Å²) in [6.45, 7) is 3.60. The summed E-state index contributed by atoms with van der Waals surface area (Å²) < 4.78 is 13.5. The molecule has 2 aromatic rings. The van der Waals surface area contributed by atoms with E-state index in [0.29, 0.717) is 21.4 Å². The van der Waals surface area contributed by atoms with E-state index in [4.69, 9.17) is 23.8 Å². The van der Waals surface area contributed by atoms with Crippen LogP contribution in [0.2, 0.25) is 5.02 Å². The molecule has 0 aromatic heterocycles. The summed E-state index contributed by atoms with van der Waals surface area (Å²) >= 11 is 11.3. The van der Waals surface area contributed by atoms with Crippen LogP contribution in [0.15, 0.2) is 36.4 Å². The molecule has 0 saturated heterocycles. The summed E-state index contributed by atoms with van der Waals surface area (Å²) in [5.74, 6) is -0.267. The van der Waals surface area contributed by atoms with E-state index < -0.39 is 0 Å². The summed E-state index contributed by atoms with van der Waals surface area (Å²) in [4.78, 5) is 0. The van der Waals surface area contributed by atoms with Crippen molar-refractivity contribution in [3.8, 4) is 0 Å². The van der Waals surface area contributed by atoms with E-state index in [0.717, 1.165) is 11.3 Å². The number of nitrogens with one attached hydrogen (secondary N) is 2. The molecule has 0 spiro atoms. The van der Waals surface area contributed by atoms with Gasteiger partial charge in [-0.15, -0.1) is 0 Å². The monoisotopic (exact) mass is 308 g/mol. The second kappa shape index (κ2) is 6.20. The Labute approximate surface area is 128 Å². The fourth-order valence-electron chi connectivity index (χ4n) is 1.76. The SMILES string of the molecule is Cc1c(F)cccc1NC(=S)Nc1cccc(Cl)c1C. The van der Waals surface area contributed by atoms with Crippen molar-refractivity contribution in [3.63, 3.8) is 0 Å². The van der Waals surface area contributed by atoms with Gasteiger partial charge in [0.05, 0.1) is 0 Å². The molecule has 0 heterocycles.